The third-order valence-electron chi connectivity index (χ3n) is 8.56. The van der Waals surface area contributed by atoms with Crippen LogP contribution in [0.4, 0.5) is 5.69 Å². The highest BCUT2D eigenvalue weighted by Crippen LogP contribution is 2.35. The summed E-state index contributed by atoms with van der Waals surface area (Å²) in [5, 5.41) is 5.57. The average molecular weight is 531 g/mol. The van der Waals surface area contributed by atoms with Gasteiger partial charge in [-0.2, -0.15) is 0 Å². The zero-order valence-electron chi connectivity index (χ0n) is 23.3. The number of carbonyl (C=O) groups is 4. The van der Waals surface area contributed by atoms with Gasteiger partial charge in [0, 0.05) is 25.2 Å². The van der Waals surface area contributed by atoms with E-state index in [1.54, 1.807) is 18.2 Å². The van der Waals surface area contributed by atoms with E-state index in [9.17, 15) is 19.2 Å². The molecule has 0 aliphatic carbocycles. The lowest BCUT2D eigenvalue weighted by atomic mass is 9.75. The van der Waals surface area contributed by atoms with Gasteiger partial charge < -0.3 is 5.32 Å². The molecule has 206 valence electrons. The Kier molecular flexibility index (Phi) is 7.33. The molecule has 4 amide bonds. The predicted molar refractivity (Wildman–Crippen MR) is 149 cm³/mol. The van der Waals surface area contributed by atoms with E-state index in [-0.39, 0.29) is 29.9 Å². The Morgan fingerprint density at radius 1 is 0.974 bits per heavy atom. The molecule has 2 fully saturated rings. The maximum absolute atomic E-state index is 13.3. The molecule has 8 heteroatoms. The molecule has 0 aromatic heterocycles. The lowest BCUT2D eigenvalue weighted by Crippen LogP contribution is -2.54. The first kappa shape index (κ1) is 27.1. The molecule has 3 aliphatic heterocycles. The van der Waals surface area contributed by atoms with E-state index in [2.05, 4.69) is 61.4 Å². The Morgan fingerprint density at radius 3 is 2.38 bits per heavy atom. The number of likely N-dealkylation sites (tertiary alicyclic amines) is 1. The van der Waals surface area contributed by atoms with Crippen LogP contribution < -0.4 is 10.6 Å². The maximum Gasteiger partial charge on any atom is 0.264 e. The van der Waals surface area contributed by atoms with E-state index in [0.29, 0.717) is 17.6 Å². The summed E-state index contributed by atoms with van der Waals surface area (Å²) in [5.74, 6) is -1.22. The minimum atomic E-state index is -0.975. The number of benzene rings is 2. The van der Waals surface area contributed by atoms with Crippen molar-refractivity contribution in [1.29, 1.82) is 0 Å². The molecular formula is C31H38N4O4. The van der Waals surface area contributed by atoms with Gasteiger partial charge in [-0.1, -0.05) is 45.0 Å². The van der Waals surface area contributed by atoms with Crippen molar-refractivity contribution in [3.8, 4) is 0 Å². The molecule has 0 spiro atoms. The van der Waals surface area contributed by atoms with E-state index in [4.69, 9.17) is 0 Å². The standard InChI is InChI=1S/C31H38N4O4/c1-19-16-20(8-9-21(19)18-34-14-12-22(13-15-34)31(2,3)4)17-32-24-7-5-6-23-27(24)30(39)35(29(23)38)25-10-11-26(36)33-28(25)37/h5-9,16,22,25,32H,10-15,17-18H2,1-4H3,(H,33,36,37). The van der Waals surface area contributed by atoms with Gasteiger partial charge in [0.1, 0.15) is 6.04 Å². The fraction of sp³-hybridized carbons (Fsp3) is 0.484. The lowest BCUT2D eigenvalue weighted by Gasteiger charge is -2.39. The van der Waals surface area contributed by atoms with Crippen LogP contribution in [0, 0.1) is 18.3 Å². The number of nitrogens with zero attached hydrogens (tertiary/aromatic N) is 2. The minimum absolute atomic E-state index is 0.0967. The van der Waals surface area contributed by atoms with Crippen molar-refractivity contribution in [3.63, 3.8) is 0 Å². The second-order valence-electron chi connectivity index (χ2n) is 12.2. The summed E-state index contributed by atoms with van der Waals surface area (Å²) >= 11 is 0. The molecule has 3 aliphatic rings. The summed E-state index contributed by atoms with van der Waals surface area (Å²) in [7, 11) is 0. The Balaban J connectivity index is 1.24. The van der Waals surface area contributed by atoms with Crippen LogP contribution in [-0.4, -0.2) is 52.6 Å². The van der Waals surface area contributed by atoms with Gasteiger partial charge in [0.2, 0.25) is 11.8 Å². The summed E-state index contributed by atoms with van der Waals surface area (Å²) in [6, 6.07) is 10.6. The topological polar surface area (TPSA) is 98.8 Å². The number of imide groups is 2. The monoisotopic (exact) mass is 530 g/mol. The van der Waals surface area contributed by atoms with Gasteiger partial charge in [0.15, 0.2) is 0 Å². The maximum atomic E-state index is 13.3. The highest BCUT2D eigenvalue weighted by molar-refractivity contribution is 6.25. The van der Waals surface area contributed by atoms with Crippen molar-refractivity contribution >= 4 is 29.3 Å². The molecule has 2 aromatic carbocycles. The smallest absolute Gasteiger partial charge is 0.264 e. The van der Waals surface area contributed by atoms with Gasteiger partial charge in [-0.15, -0.1) is 0 Å². The van der Waals surface area contributed by atoms with Gasteiger partial charge in [-0.3, -0.25) is 34.3 Å². The third kappa shape index (κ3) is 5.48. The van der Waals surface area contributed by atoms with Crippen molar-refractivity contribution in [3.05, 3.63) is 64.2 Å². The summed E-state index contributed by atoms with van der Waals surface area (Å²) in [6.45, 7) is 12.9. The van der Waals surface area contributed by atoms with Crippen molar-refractivity contribution in [1.82, 2.24) is 15.1 Å². The normalized spacial score (nSPS) is 20.8. The Morgan fingerprint density at radius 2 is 1.72 bits per heavy atom. The largest absolute Gasteiger partial charge is 0.380 e. The third-order valence-corrected chi connectivity index (χ3v) is 8.56. The second kappa shape index (κ2) is 10.6. The molecule has 2 N–H and O–H groups in total. The van der Waals surface area contributed by atoms with E-state index < -0.39 is 23.8 Å². The quantitative estimate of drug-likeness (QED) is 0.542. The summed E-state index contributed by atoms with van der Waals surface area (Å²) in [5.41, 5.74) is 5.13. The molecule has 1 unspecified atom stereocenters. The van der Waals surface area contributed by atoms with E-state index >= 15 is 0 Å². The fourth-order valence-corrected chi connectivity index (χ4v) is 6.10. The van der Waals surface area contributed by atoms with Crippen molar-refractivity contribution in [2.45, 2.75) is 72.5 Å². The van der Waals surface area contributed by atoms with Crippen LogP contribution in [-0.2, 0) is 22.7 Å². The van der Waals surface area contributed by atoms with Crippen LogP contribution in [0.15, 0.2) is 36.4 Å². The Bertz CT molecular complexity index is 1320. The van der Waals surface area contributed by atoms with E-state index in [1.807, 2.05) is 0 Å². The van der Waals surface area contributed by atoms with Crippen LogP contribution in [0.25, 0.3) is 0 Å². The minimum Gasteiger partial charge on any atom is -0.380 e. The molecule has 0 radical (unpaired) electrons. The van der Waals surface area contributed by atoms with E-state index in [0.717, 1.165) is 36.0 Å². The number of nitrogens with one attached hydrogen (secondary N) is 2. The molecule has 1 atom stereocenters. The Labute approximate surface area is 230 Å². The molecule has 3 heterocycles. The number of rotatable bonds is 6. The number of hydrogen-bond acceptors (Lipinski definition) is 6. The molecule has 2 saturated heterocycles. The van der Waals surface area contributed by atoms with Crippen LogP contribution in [0.3, 0.4) is 0 Å². The molecular weight excluding hydrogens is 492 g/mol. The summed E-state index contributed by atoms with van der Waals surface area (Å²) in [4.78, 5) is 53.9. The average Bonchev–Trinajstić information content (AvgIpc) is 3.14. The highest BCUT2D eigenvalue weighted by atomic mass is 16.2. The first-order chi connectivity index (χ1) is 18.5. The van der Waals surface area contributed by atoms with Crippen LogP contribution in [0.1, 0.15) is 83.9 Å². The SMILES string of the molecule is Cc1cc(CNc2cccc3c2C(=O)N(C2CCC(=O)NC2=O)C3=O)ccc1CN1CCC(C(C)(C)C)CC1. The number of anilines is 1. The zero-order chi connectivity index (χ0) is 27.9. The van der Waals surface area contributed by atoms with Crippen molar-refractivity contribution < 1.29 is 19.2 Å². The van der Waals surface area contributed by atoms with Crippen molar-refractivity contribution in [2.24, 2.45) is 11.3 Å². The molecule has 5 rings (SSSR count). The first-order valence-electron chi connectivity index (χ1n) is 13.9. The van der Waals surface area contributed by atoms with E-state index in [1.165, 1.54) is 24.0 Å². The first-order valence-corrected chi connectivity index (χ1v) is 13.9. The number of carbonyl (C=O) groups excluding carboxylic acids is 4. The molecule has 2 aromatic rings. The summed E-state index contributed by atoms with van der Waals surface area (Å²) in [6.07, 6.45) is 2.72. The van der Waals surface area contributed by atoms with Gasteiger partial charge in [-0.05, 0) is 79.4 Å². The number of amides is 4. The van der Waals surface area contributed by atoms with Crippen LogP contribution in [0.5, 0.6) is 0 Å². The molecule has 39 heavy (non-hydrogen) atoms. The molecule has 0 saturated carbocycles. The molecule has 8 nitrogen and oxygen atoms in total. The summed E-state index contributed by atoms with van der Waals surface area (Å²) < 4.78 is 0. The molecule has 0 bridgehead atoms. The Hall–Kier alpha value is -3.52. The van der Waals surface area contributed by atoms with Crippen molar-refractivity contribution in [2.75, 3.05) is 18.4 Å². The van der Waals surface area contributed by atoms with Crippen LogP contribution in [0.2, 0.25) is 0 Å². The van der Waals surface area contributed by atoms with Gasteiger partial charge in [-0.25, -0.2) is 0 Å². The van der Waals surface area contributed by atoms with Crippen LogP contribution >= 0.6 is 0 Å². The van der Waals surface area contributed by atoms with Gasteiger partial charge in [0.05, 0.1) is 11.1 Å². The number of fused-ring (bicyclic) bond motifs is 1. The highest BCUT2D eigenvalue weighted by Gasteiger charge is 2.45. The number of piperidine rings is 2. The fourth-order valence-electron chi connectivity index (χ4n) is 6.10. The number of aryl methyl sites for hydroxylation is 1. The lowest BCUT2D eigenvalue weighted by molar-refractivity contribution is -0.136. The predicted octanol–water partition coefficient (Wildman–Crippen LogP) is 4.27. The van der Waals surface area contributed by atoms with Gasteiger partial charge in [0.25, 0.3) is 11.8 Å². The zero-order valence-corrected chi connectivity index (χ0v) is 23.3. The van der Waals surface area contributed by atoms with Gasteiger partial charge >= 0.3 is 0 Å². The number of hydrogen-bond donors (Lipinski definition) is 2. The second-order valence-corrected chi connectivity index (χ2v) is 12.2.